The summed E-state index contributed by atoms with van der Waals surface area (Å²) in [5, 5.41) is 2.69. The van der Waals surface area contributed by atoms with E-state index in [0.717, 1.165) is 12.1 Å². The molecule has 1 fully saturated rings. The fourth-order valence-corrected chi connectivity index (χ4v) is 2.46. The zero-order chi connectivity index (χ0) is 19.7. The van der Waals surface area contributed by atoms with Crippen molar-refractivity contribution in [3.05, 3.63) is 34.8 Å². The number of rotatable bonds is 5. The van der Waals surface area contributed by atoms with Crippen molar-refractivity contribution in [1.29, 1.82) is 0 Å². The Morgan fingerprint density at radius 1 is 1.19 bits per heavy atom. The smallest absolute Gasteiger partial charge is 0.492 e. The molecule has 2 rings (SSSR count). The van der Waals surface area contributed by atoms with Crippen molar-refractivity contribution in [3.63, 3.8) is 0 Å². The van der Waals surface area contributed by atoms with Gasteiger partial charge >= 0.3 is 7.12 Å². The summed E-state index contributed by atoms with van der Waals surface area (Å²) in [4.78, 5) is 11.3. The van der Waals surface area contributed by atoms with Crippen LogP contribution in [0.3, 0.4) is 0 Å². The first-order valence-corrected chi connectivity index (χ1v) is 8.30. The molecule has 142 valence electrons. The summed E-state index contributed by atoms with van der Waals surface area (Å²) >= 11 is 0. The summed E-state index contributed by atoms with van der Waals surface area (Å²) in [5.74, 6) is -2.06. The van der Waals surface area contributed by atoms with Gasteiger partial charge < -0.3 is 19.4 Å². The topological polar surface area (TPSA) is 56.8 Å². The number of halogens is 2. The summed E-state index contributed by atoms with van der Waals surface area (Å²) in [6, 6.07) is 2.01. The van der Waals surface area contributed by atoms with Crippen molar-refractivity contribution < 1.29 is 27.6 Å². The molecule has 1 aromatic carbocycles. The number of nitrogens with one attached hydrogen (secondary N) is 1. The molecule has 1 aliphatic heterocycles. The second-order valence-corrected chi connectivity index (χ2v) is 7.23. The minimum atomic E-state index is -1.00. The third-order valence-corrected chi connectivity index (χ3v) is 4.71. The molecule has 1 heterocycles. The van der Waals surface area contributed by atoms with E-state index in [4.69, 9.17) is 14.0 Å². The molecule has 1 N–H and O–H groups in total. The van der Waals surface area contributed by atoms with Crippen molar-refractivity contribution in [2.24, 2.45) is 0 Å². The van der Waals surface area contributed by atoms with Crippen LogP contribution in [-0.4, -0.2) is 37.9 Å². The van der Waals surface area contributed by atoms with Gasteiger partial charge in [-0.3, -0.25) is 4.79 Å². The highest BCUT2D eigenvalue weighted by Crippen LogP contribution is 2.39. The van der Waals surface area contributed by atoms with E-state index in [2.05, 4.69) is 5.32 Å². The van der Waals surface area contributed by atoms with E-state index in [1.54, 1.807) is 6.08 Å². The van der Waals surface area contributed by atoms with Crippen LogP contribution in [0.25, 0.3) is 6.08 Å². The largest absolute Gasteiger partial charge is 0.496 e. The van der Waals surface area contributed by atoms with E-state index in [9.17, 15) is 13.6 Å². The van der Waals surface area contributed by atoms with Crippen molar-refractivity contribution in [2.45, 2.75) is 45.8 Å². The standard InChI is InChI=1S/C18H24BF2NO4/c1-11(23)22-10-13(19-25-17(2,3)18(4,5)26-19)7-12-8-14(20)15(21)9-16(12)24-6/h7-9H,10H2,1-6H3,(H,22,23). The molecule has 0 bridgehead atoms. The van der Waals surface area contributed by atoms with Crippen LogP contribution in [0.4, 0.5) is 8.78 Å². The maximum Gasteiger partial charge on any atom is 0.492 e. The Morgan fingerprint density at radius 2 is 1.73 bits per heavy atom. The maximum absolute atomic E-state index is 13.7. The molecule has 8 heteroatoms. The number of carbonyl (C=O) groups excluding carboxylic acids is 1. The molecule has 0 unspecified atom stereocenters. The molecule has 0 saturated carbocycles. The second-order valence-electron chi connectivity index (χ2n) is 7.23. The molecule has 1 saturated heterocycles. The first-order valence-electron chi connectivity index (χ1n) is 8.30. The third-order valence-electron chi connectivity index (χ3n) is 4.71. The molecule has 0 atom stereocenters. The lowest BCUT2D eigenvalue weighted by Crippen LogP contribution is -2.41. The summed E-state index contributed by atoms with van der Waals surface area (Å²) in [5.41, 5.74) is -0.277. The lowest BCUT2D eigenvalue weighted by molar-refractivity contribution is -0.118. The molecular formula is C18H24BF2NO4. The molecule has 5 nitrogen and oxygen atoms in total. The molecule has 1 aromatic rings. The normalized spacial score (nSPS) is 18.8. The highest BCUT2D eigenvalue weighted by molar-refractivity contribution is 6.56. The van der Waals surface area contributed by atoms with Gasteiger partial charge in [-0.25, -0.2) is 8.78 Å². The molecule has 0 spiro atoms. The molecule has 1 amide bonds. The molecular weight excluding hydrogens is 343 g/mol. The highest BCUT2D eigenvalue weighted by Gasteiger charge is 2.52. The fourth-order valence-electron chi connectivity index (χ4n) is 2.46. The van der Waals surface area contributed by atoms with Crippen molar-refractivity contribution in [2.75, 3.05) is 13.7 Å². The Kier molecular flexibility index (Phi) is 5.77. The van der Waals surface area contributed by atoms with Crippen LogP contribution < -0.4 is 10.1 Å². The minimum Gasteiger partial charge on any atom is -0.496 e. The maximum atomic E-state index is 13.7. The minimum absolute atomic E-state index is 0.133. The second kappa shape index (κ2) is 7.36. The number of benzene rings is 1. The molecule has 0 aliphatic carbocycles. The molecule has 1 aliphatic rings. The number of methoxy groups -OCH3 is 1. The van der Waals surface area contributed by atoms with Gasteiger partial charge in [0.2, 0.25) is 5.91 Å². The van der Waals surface area contributed by atoms with Gasteiger partial charge in [-0.2, -0.15) is 0 Å². The van der Waals surface area contributed by atoms with Crippen LogP contribution in [0.2, 0.25) is 0 Å². The zero-order valence-corrected chi connectivity index (χ0v) is 15.9. The van der Waals surface area contributed by atoms with Crippen LogP contribution in [0.15, 0.2) is 17.6 Å². The van der Waals surface area contributed by atoms with Gasteiger partial charge in [0, 0.05) is 25.1 Å². The number of hydrogen-bond donors (Lipinski definition) is 1. The van der Waals surface area contributed by atoms with Gasteiger partial charge in [0.25, 0.3) is 0 Å². The number of amides is 1. The first kappa shape index (κ1) is 20.4. The van der Waals surface area contributed by atoms with E-state index >= 15 is 0 Å². The monoisotopic (exact) mass is 367 g/mol. The van der Waals surface area contributed by atoms with Crippen LogP contribution >= 0.6 is 0 Å². The van der Waals surface area contributed by atoms with Crippen molar-refractivity contribution in [1.82, 2.24) is 5.32 Å². The summed E-state index contributed by atoms with van der Waals surface area (Å²) in [6.07, 6.45) is 1.58. The first-order chi connectivity index (χ1) is 12.0. The summed E-state index contributed by atoms with van der Waals surface area (Å²) in [7, 11) is 0.622. The predicted octanol–water partition coefficient (Wildman–Crippen LogP) is 3.12. The number of carbonyl (C=O) groups is 1. The van der Waals surface area contributed by atoms with E-state index in [1.807, 2.05) is 27.7 Å². The third kappa shape index (κ3) is 4.24. The Balaban J connectivity index is 2.44. The van der Waals surface area contributed by atoms with E-state index in [-0.39, 0.29) is 18.2 Å². The lowest BCUT2D eigenvalue weighted by atomic mass is 9.77. The number of hydrogen-bond acceptors (Lipinski definition) is 4. The SMILES string of the molecule is COc1cc(F)c(F)cc1C=C(CNC(C)=O)B1OC(C)(C)C(C)(C)O1. The summed E-state index contributed by atoms with van der Waals surface area (Å²) < 4.78 is 44.3. The van der Waals surface area contributed by atoms with E-state index in [1.165, 1.54) is 14.0 Å². The van der Waals surface area contributed by atoms with Crippen LogP contribution in [0.5, 0.6) is 5.75 Å². The lowest BCUT2D eigenvalue weighted by Gasteiger charge is -2.32. The Hall–Kier alpha value is -1.93. The van der Waals surface area contributed by atoms with Gasteiger partial charge in [-0.05, 0) is 39.2 Å². The average molecular weight is 367 g/mol. The zero-order valence-electron chi connectivity index (χ0n) is 15.9. The quantitative estimate of drug-likeness (QED) is 0.813. The van der Waals surface area contributed by atoms with Crippen LogP contribution in [0.1, 0.15) is 40.2 Å². The Bertz CT molecular complexity index is 718. The molecule has 0 aromatic heterocycles. The molecule has 26 heavy (non-hydrogen) atoms. The molecule has 0 radical (unpaired) electrons. The van der Waals surface area contributed by atoms with E-state index < -0.39 is 30.0 Å². The average Bonchev–Trinajstić information content (AvgIpc) is 2.74. The predicted molar refractivity (Wildman–Crippen MR) is 95.7 cm³/mol. The van der Waals surface area contributed by atoms with Crippen molar-refractivity contribution in [3.8, 4) is 5.75 Å². The van der Waals surface area contributed by atoms with E-state index in [0.29, 0.717) is 11.0 Å². The fraction of sp³-hybridized carbons (Fsp3) is 0.500. The highest BCUT2D eigenvalue weighted by atomic mass is 19.2. The van der Waals surface area contributed by atoms with Gasteiger partial charge in [0.1, 0.15) is 5.75 Å². The Labute approximate surface area is 152 Å². The van der Waals surface area contributed by atoms with Gasteiger partial charge in [0.15, 0.2) is 11.6 Å². The number of ether oxygens (including phenoxy) is 1. The van der Waals surface area contributed by atoms with Gasteiger partial charge in [-0.15, -0.1) is 0 Å². The van der Waals surface area contributed by atoms with Crippen molar-refractivity contribution >= 4 is 19.1 Å². The van der Waals surface area contributed by atoms with Gasteiger partial charge in [0.05, 0.1) is 18.3 Å². The van der Waals surface area contributed by atoms with Crippen LogP contribution in [-0.2, 0) is 14.1 Å². The van der Waals surface area contributed by atoms with Crippen LogP contribution in [0, 0.1) is 11.6 Å². The summed E-state index contributed by atoms with van der Waals surface area (Å²) in [6.45, 7) is 9.14. The Morgan fingerprint density at radius 3 is 2.23 bits per heavy atom. The van der Waals surface area contributed by atoms with Gasteiger partial charge in [-0.1, -0.05) is 6.08 Å².